The molecular weight excluding hydrogens is 483 g/mol. The molecule has 38 heavy (non-hydrogen) atoms. The van der Waals surface area contributed by atoms with Crippen LogP contribution in [0.2, 0.25) is 0 Å². The van der Waals surface area contributed by atoms with Crippen molar-refractivity contribution < 1.29 is 18.7 Å². The number of likely N-dealkylation sites (tertiary alicyclic amines) is 1. The number of fused-ring (bicyclic) bond motifs is 2. The van der Waals surface area contributed by atoms with Crippen LogP contribution >= 0.6 is 0 Å². The first-order chi connectivity index (χ1) is 18.5. The van der Waals surface area contributed by atoms with Crippen molar-refractivity contribution in [2.24, 2.45) is 0 Å². The van der Waals surface area contributed by atoms with Gasteiger partial charge in [0.15, 0.2) is 5.60 Å². The van der Waals surface area contributed by atoms with Crippen molar-refractivity contribution in [3.05, 3.63) is 89.4 Å². The number of benzene rings is 2. The zero-order valence-corrected chi connectivity index (χ0v) is 21.1. The molecule has 1 atom stereocenters. The molecule has 2 saturated heterocycles. The predicted molar refractivity (Wildman–Crippen MR) is 141 cm³/mol. The van der Waals surface area contributed by atoms with E-state index in [2.05, 4.69) is 9.80 Å². The van der Waals surface area contributed by atoms with E-state index in [0.717, 1.165) is 56.0 Å². The minimum absolute atomic E-state index is 0.0999. The highest BCUT2D eigenvalue weighted by Crippen LogP contribution is 2.52. The van der Waals surface area contributed by atoms with E-state index in [-0.39, 0.29) is 17.7 Å². The number of amides is 1. The van der Waals surface area contributed by atoms with Crippen LogP contribution in [0.25, 0.3) is 0 Å². The Hall–Kier alpha value is -3.94. The van der Waals surface area contributed by atoms with Crippen LogP contribution in [-0.4, -0.2) is 61.0 Å². The van der Waals surface area contributed by atoms with Gasteiger partial charge in [-0.05, 0) is 42.7 Å². The van der Waals surface area contributed by atoms with Gasteiger partial charge in [-0.15, -0.1) is 0 Å². The molecule has 3 aliphatic heterocycles. The molecule has 2 aromatic carbocycles. The van der Waals surface area contributed by atoms with Crippen LogP contribution in [0.3, 0.4) is 0 Å². The lowest BCUT2D eigenvalue weighted by atomic mass is 9.91. The van der Waals surface area contributed by atoms with Crippen LogP contribution in [0.1, 0.15) is 40.7 Å². The molecule has 1 spiro atoms. The Morgan fingerprint density at radius 2 is 1.61 bits per heavy atom. The van der Waals surface area contributed by atoms with Crippen LogP contribution in [0.15, 0.2) is 66.9 Å². The summed E-state index contributed by atoms with van der Waals surface area (Å²) in [5, 5.41) is 0. The Morgan fingerprint density at radius 1 is 0.868 bits per heavy atom. The lowest BCUT2D eigenvalue weighted by Crippen LogP contribution is -2.47. The van der Waals surface area contributed by atoms with Crippen molar-refractivity contribution in [3.8, 4) is 0 Å². The third-order valence-electron chi connectivity index (χ3n) is 8.70. The number of para-hydroxylation sites is 1. The summed E-state index contributed by atoms with van der Waals surface area (Å²) in [5.74, 6) is 0.482. The van der Waals surface area contributed by atoms with Crippen LogP contribution < -0.4 is 9.80 Å². The van der Waals surface area contributed by atoms with E-state index in [4.69, 9.17) is 9.72 Å². The fourth-order valence-electron chi connectivity index (χ4n) is 6.40. The van der Waals surface area contributed by atoms with E-state index < -0.39 is 11.0 Å². The summed E-state index contributed by atoms with van der Waals surface area (Å²) in [7, 11) is 0. The summed E-state index contributed by atoms with van der Waals surface area (Å²) in [4.78, 5) is 37.1. The summed E-state index contributed by atoms with van der Waals surface area (Å²) in [6.45, 7) is 3.91. The molecule has 1 saturated carbocycles. The van der Waals surface area contributed by atoms with Crippen molar-refractivity contribution in [1.29, 1.82) is 0 Å². The molecule has 7 rings (SSSR count). The highest BCUT2D eigenvalue weighted by molar-refractivity contribution is 5.96. The van der Waals surface area contributed by atoms with Gasteiger partial charge in [-0.2, -0.15) is 0 Å². The minimum Gasteiger partial charge on any atom is -0.449 e. The van der Waals surface area contributed by atoms with Crippen molar-refractivity contribution in [3.63, 3.8) is 0 Å². The van der Waals surface area contributed by atoms with Crippen molar-refractivity contribution in [2.45, 2.75) is 30.3 Å². The zero-order valence-electron chi connectivity index (χ0n) is 21.1. The summed E-state index contributed by atoms with van der Waals surface area (Å²) in [6, 6.07) is 18.4. The second-order valence-electron chi connectivity index (χ2n) is 10.8. The van der Waals surface area contributed by atoms with Crippen molar-refractivity contribution in [2.75, 3.05) is 49.1 Å². The van der Waals surface area contributed by atoms with Crippen LogP contribution in [0, 0.1) is 5.82 Å². The van der Waals surface area contributed by atoms with Crippen LogP contribution in [0.4, 0.5) is 15.9 Å². The first kappa shape index (κ1) is 23.2. The van der Waals surface area contributed by atoms with E-state index in [1.165, 1.54) is 6.07 Å². The Kier molecular flexibility index (Phi) is 5.22. The maximum Gasteiger partial charge on any atom is 0.339 e. The number of esters is 1. The molecule has 0 bridgehead atoms. The topological polar surface area (TPSA) is 66.0 Å². The van der Waals surface area contributed by atoms with Crippen LogP contribution in [0.5, 0.6) is 0 Å². The molecule has 0 unspecified atom stereocenters. The normalized spacial score (nSPS) is 23.5. The summed E-state index contributed by atoms with van der Waals surface area (Å²) >= 11 is 0. The lowest BCUT2D eigenvalue weighted by molar-refractivity contribution is -0.134. The maximum absolute atomic E-state index is 14.2. The van der Waals surface area contributed by atoms with E-state index in [0.29, 0.717) is 30.8 Å². The molecule has 8 heteroatoms. The number of nitrogens with zero attached hydrogens (tertiary/aromatic N) is 4. The molecule has 3 fully saturated rings. The first-order valence-corrected chi connectivity index (χ1v) is 13.3. The van der Waals surface area contributed by atoms with Crippen molar-refractivity contribution in [1.82, 2.24) is 9.88 Å². The van der Waals surface area contributed by atoms with Gasteiger partial charge in [-0.3, -0.25) is 4.79 Å². The number of aromatic nitrogens is 1. The van der Waals surface area contributed by atoms with Gasteiger partial charge in [-0.25, -0.2) is 14.2 Å². The molecule has 0 N–H and O–H groups in total. The smallest absolute Gasteiger partial charge is 0.339 e. The van der Waals surface area contributed by atoms with Gasteiger partial charge < -0.3 is 19.4 Å². The number of pyridine rings is 1. The molecule has 1 amide bonds. The quantitative estimate of drug-likeness (QED) is 0.495. The largest absolute Gasteiger partial charge is 0.449 e. The van der Waals surface area contributed by atoms with Crippen LogP contribution in [-0.2, 0) is 20.5 Å². The fraction of sp³-hybridized carbons (Fsp3) is 0.367. The number of hydrogen-bond acceptors (Lipinski definition) is 6. The number of hydrogen-bond donors (Lipinski definition) is 0. The lowest BCUT2D eigenvalue weighted by Gasteiger charge is -2.37. The average Bonchev–Trinajstić information content (AvgIpc) is 3.59. The monoisotopic (exact) mass is 512 g/mol. The number of carbonyl (C=O) groups is 2. The third kappa shape index (κ3) is 3.57. The molecule has 0 radical (unpaired) electrons. The highest BCUT2D eigenvalue weighted by atomic mass is 19.1. The molecule has 194 valence electrons. The molecule has 3 aromatic rings. The number of carbonyl (C=O) groups excluding carboxylic acids is 2. The Morgan fingerprint density at radius 3 is 2.34 bits per heavy atom. The van der Waals surface area contributed by atoms with Gasteiger partial charge >= 0.3 is 5.97 Å². The van der Waals surface area contributed by atoms with E-state index >= 15 is 0 Å². The third-order valence-corrected chi connectivity index (χ3v) is 8.70. The van der Waals surface area contributed by atoms with Gasteiger partial charge in [0.05, 0.1) is 23.2 Å². The standard InChI is InChI=1S/C30H29FN4O3/c31-24-7-3-4-8-25(24)33-15-17-34(18-16-33)26-10-9-21(19-32-26)29(11-12-29)28(37)35-14-13-30(20-35)23-6-2-1-5-22(23)27(36)38-30/h1-10,19H,11-18,20H2/t30-/m0/s1. The molecule has 7 nitrogen and oxygen atoms in total. The van der Waals surface area contributed by atoms with E-state index in [9.17, 15) is 14.0 Å². The number of anilines is 2. The van der Waals surface area contributed by atoms with Gasteiger partial charge in [0.2, 0.25) is 5.91 Å². The summed E-state index contributed by atoms with van der Waals surface area (Å²) < 4.78 is 20.0. The SMILES string of the molecule is O=C1O[C@]2(CCN(C(=O)C3(c4ccc(N5CCN(c6ccccc6F)CC5)nc4)CC3)C2)c2ccccc21. The fourth-order valence-corrected chi connectivity index (χ4v) is 6.40. The Bertz CT molecular complexity index is 1420. The second-order valence-corrected chi connectivity index (χ2v) is 10.8. The average molecular weight is 513 g/mol. The molecule has 1 aromatic heterocycles. The molecule has 1 aliphatic carbocycles. The first-order valence-electron chi connectivity index (χ1n) is 13.3. The minimum atomic E-state index is -0.730. The van der Waals surface area contributed by atoms with E-state index in [1.807, 2.05) is 53.6 Å². The highest BCUT2D eigenvalue weighted by Gasteiger charge is 2.57. The predicted octanol–water partition coefficient (Wildman–Crippen LogP) is 3.88. The number of rotatable bonds is 4. The zero-order chi connectivity index (χ0) is 25.9. The van der Waals surface area contributed by atoms with Crippen molar-refractivity contribution >= 4 is 23.4 Å². The number of ether oxygens (including phenoxy) is 1. The Labute approximate surface area is 220 Å². The molecular formula is C30H29FN4O3. The van der Waals surface area contributed by atoms with Gasteiger partial charge in [0.1, 0.15) is 11.6 Å². The number of piperazine rings is 1. The van der Waals surface area contributed by atoms with Gasteiger partial charge in [0.25, 0.3) is 0 Å². The maximum atomic E-state index is 14.2. The van der Waals surface area contributed by atoms with Gasteiger partial charge in [-0.1, -0.05) is 36.4 Å². The Balaban J connectivity index is 1.03. The number of halogens is 1. The van der Waals surface area contributed by atoms with Gasteiger partial charge in [0, 0.05) is 50.9 Å². The van der Waals surface area contributed by atoms with E-state index in [1.54, 1.807) is 12.1 Å². The second kappa shape index (κ2) is 8.55. The summed E-state index contributed by atoms with van der Waals surface area (Å²) in [6.07, 6.45) is 4.07. The molecule has 4 heterocycles. The molecule has 4 aliphatic rings. The summed E-state index contributed by atoms with van der Waals surface area (Å²) in [5.41, 5.74) is 1.82.